The second kappa shape index (κ2) is 8.40. The van der Waals surface area contributed by atoms with Crippen molar-refractivity contribution in [3.63, 3.8) is 0 Å². The van der Waals surface area contributed by atoms with Crippen LogP contribution in [-0.4, -0.2) is 49.4 Å². The molecule has 3 aromatic heterocycles. The standard InChI is InChI=1S/C26H28ClN5O2/c1-15(2)24-18-9-17(16-5-7-31(8-6-16)23(33)10-27)3-4-22(18)30-25(24)19-11-32-26(28-14-29-32)21-13-34-12-20(19)21/h3-4,9,11,14-16,30H,5-8,10,12-13H2,1-2H3. The first-order chi connectivity index (χ1) is 16.5. The minimum Gasteiger partial charge on any atom is -0.372 e. The predicted molar refractivity (Wildman–Crippen MR) is 132 cm³/mol. The number of carbonyl (C=O) groups excluding carboxylic acids is 1. The lowest BCUT2D eigenvalue weighted by Crippen LogP contribution is -2.38. The van der Waals surface area contributed by atoms with Crippen LogP contribution in [0.5, 0.6) is 0 Å². The second-order valence-electron chi connectivity index (χ2n) is 9.68. The van der Waals surface area contributed by atoms with Crippen LogP contribution in [0.15, 0.2) is 30.7 Å². The van der Waals surface area contributed by atoms with E-state index in [0.29, 0.717) is 25.0 Å². The Hall–Kier alpha value is -2.90. The third-order valence-electron chi connectivity index (χ3n) is 7.42. The zero-order valence-electron chi connectivity index (χ0n) is 19.5. The van der Waals surface area contributed by atoms with Crippen LogP contribution in [0, 0.1) is 0 Å². The molecular weight excluding hydrogens is 450 g/mol. The van der Waals surface area contributed by atoms with Crippen LogP contribution in [0.25, 0.3) is 27.8 Å². The van der Waals surface area contributed by atoms with Gasteiger partial charge in [0.25, 0.3) is 0 Å². The summed E-state index contributed by atoms with van der Waals surface area (Å²) >= 11 is 5.75. The smallest absolute Gasteiger partial charge is 0.237 e. The molecule has 0 spiro atoms. The van der Waals surface area contributed by atoms with E-state index in [2.05, 4.69) is 53.3 Å². The van der Waals surface area contributed by atoms with Crippen molar-refractivity contribution >= 4 is 34.1 Å². The van der Waals surface area contributed by atoms with E-state index in [9.17, 15) is 4.79 Å². The minimum absolute atomic E-state index is 0.0359. The fraction of sp³-hybridized carbons (Fsp3) is 0.423. The van der Waals surface area contributed by atoms with Gasteiger partial charge in [-0.3, -0.25) is 4.79 Å². The number of rotatable bonds is 4. The minimum atomic E-state index is 0.0359. The number of alkyl halides is 1. The molecule has 0 aliphatic carbocycles. The Morgan fingerprint density at radius 3 is 2.79 bits per heavy atom. The molecule has 1 fully saturated rings. The number of hydrogen-bond donors (Lipinski definition) is 1. The molecule has 0 radical (unpaired) electrons. The van der Waals surface area contributed by atoms with Gasteiger partial charge in [-0.15, -0.1) is 11.6 Å². The zero-order chi connectivity index (χ0) is 23.4. The average Bonchev–Trinajstić information content (AvgIpc) is 3.59. The molecule has 176 valence electrons. The summed E-state index contributed by atoms with van der Waals surface area (Å²) in [4.78, 5) is 22.0. The molecule has 7 nitrogen and oxygen atoms in total. The van der Waals surface area contributed by atoms with Gasteiger partial charge >= 0.3 is 0 Å². The molecule has 1 aromatic carbocycles. The highest BCUT2D eigenvalue weighted by molar-refractivity contribution is 6.27. The van der Waals surface area contributed by atoms with Crippen LogP contribution in [0.2, 0.25) is 0 Å². The van der Waals surface area contributed by atoms with E-state index in [1.54, 1.807) is 6.33 Å². The summed E-state index contributed by atoms with van der Waals surface area (Å²) in [7, 11) is 0. The predicted octanol–water partition coefficient (Wildman–Crippen LogP) is 4.98. The summed E-state index contributed by atoms with van der Waals surface area (Å²) in [6.07, 6.45) is 5.62. The first-order valence-corrected chi connectivity index (χ1v) is 12.5. The van der Waals surface area contributed by atoms with Crippen molar-refractivity contribution < 1.29 is 9.53 Å². The van der Waals surface area contributed by atoms with Gasteiger partial charge in [0, 0.05) is 41.3 Å². The average molecular weight is 478 g/mol. The quantitative estimate of drug-likeness (QED) is 0.421. The van der Waals surface area contributed by atoms with E-state index in [0.717, 1.165) is 53.9 Å². The van der Waals surface area contributed by atoms with Gasteiger partial charge in [-0.2, -0.15) is 5.10 Å². The van der Waals surface area contributed by atoms with Gasteiger partial charge in [-0.05, 0) is 53.5 Å². The van der Waals surface area contributed by atoms with Crippen molar-refractivity contribution in [2.75, 3.05) is 19.0 Å². The fourth-order valence-corrected chi connectivity index (χ4v) is 5.86. The Balaban J connectivity index is 1.43. The van der Waals surface area contributed by atoms with E-state index in [-0.39, 0.29) is 11.8 Å². The Morgan fingerprint density at radius 1 is 1.24 bits per heavy atom. The van der Waals surface area contributed by atoms with Gasteiger partial charge in [-0.25, -0.2) is 9.50 Å². The van der Waals surface area contributed by atoms with Gasteiger partial charge in [0.2, 0.25) is 5.91 Å². The van der Waals surface area contributed by atoms with Crippen molar-refractivity contribution in [2.24, 2.45) is 0 Å². The summed E-state index contributed by atoms with van der Waals surface area (Å²) in [6.45, 7) is 7.20. The Bertz CT molecular complexity index is 1400. The number of nitrogens with zero attached hydrogens (tertiary/aromatic N) is 4. The fourth-order valence-electron chi connectivity index (χ4n) is 5.69. The van der Waals surface area contributed by atoms with Gasteiger partial charge < -0.3 is 14.6 Å². The maximum atomic E-state index is 12.0. The molecule has 6 rings (SSSR count). The molecule has 1 saturated heterocycles. The number of carbonyl (C=O) groups is 1. The summed E-state index contributed by atoms with van der Waals surface area (Å²) in [5, 5.41) is 5.68. The molecule has 0 unspecified atom stereocenters. The lowest BCUT2D eigenvalue weighted by Gasteiger charge is -2.32. The van der Waals surface area contributed by atoms with E-state index >= 15 is 0 Å². The number of pyridine rings is 1. The first-order valence-electron chi connectivity index (χ1n) is 12.0. The normalized spacial score (nSPS) is 16.8. The highest BCUT2D eigenvalue weighted by Gasteiger charge is 2.27. The van der Waals surface area contributed by atoms with Crippen molar-refractivity contribution in [1.82, 2.24) is 24.5 Å². The van der Waals surface area contributed by atoms with E-state index in [1.165, 1.54) is 22.1 Å². The van der Waals surface area contributed by atoms with Gasteiger partial charge in [0.1, 0.15) is 12.2 Å². The van der Waals surface area contributed by atoms with Crippen LogP contribution in [0.4, 0.5) is 0 Å². The molecule has 8 heteroatoms. The van der Waals surface area contributed by atoms with Crippen molar-refractivity contribution in [3.05, 3.63) is 53.0 Å². The number of hydrogen-bond acceptors (Lipinski definition) is 4. The molecule has 4 aromatic rings. The molecular formula is C26H28ClN5O2. The molecule has 2 aliphatic rings. The molecule has 1 N–H and O–H groups in total. The highest BCUT2D eigenvalue weighted by atomic mass is 35.5. The number of H-pyrrole nitrogens is 1. The maximum absolute atomic E-state index is 12.0. The lowest BCUT2D eigenvalue weighted by molar-refractivity contribution is -0.129. The Kier molecular flexibility index (Phi) is 5.34. The maximum Gasteiger partial charge on any atom is 0.237 e. The summed E-state index contributed by atoms with van der Waals surface area (Å²) in [5.74, 6) is 0.891. The SMILES string of the molecule is CC(C)c1c(-c2cn3ncnc3c3c2COC3)[nH]c2ccc(C3CCN(C(=O)CCl)CC3)cc12. The number of nitrogens with one attached hydrogen (secondary N) is 1. The topological polar surface area (TPSA) is 75.5 Å². The zero-order valence-corrected chi connectivity index (χ0v) is 20.2. The third kappa shape index (κ3) is 3.41. The number of benzene rings is 1. The number of aromatic amines is 1. The number of aromatic nitrogens is 4. The van der Waals surface area contributed by atoms with Crippen LogP contribution in [-0.2, 0) is 22.7 Å². The number of halogens is 1. The number of likely N-dealkylation sites (tertiary alicyclic amines) is 1. The summed E-state index contributed by atoms with van der Waals surface area (Å²) in [5.41, 5.74) is 9.29. The highest BCUT2D eigenvalue weighted by Crippen LogP contribution is 2.41. The number of ether oxygens (including phenoxy) is 1. The van der Waals surface area contributed by atoms with E-state index in [1.807, 2.05) is 9.42 Å². The third-order valence-corrected chi connectivity index (χ3v) is 7.65. The van der Waals surface area contributed by atoms with Crippen molar-refractivity contribution in [2.45, 2.75) is 51.7 Å². The van der Waals surface area contributed by atoms with Crippen LogP contribution in [0.1, 0.15) is 60.8 Å². The lowest BCUT2D eigenvalue weighted by atomic mass is 9.87. The van der Waals surface area contributed by atoms with Gasteiger partial charge in [0.05, 0.1) is 18.9 Å². The Labute approximate surface area is 203 Å². The van der Waals surface area contributed by atoms with Gasteiger partial charge in [-0.1, -0.05) is 19.9 Å². The van der Waals surface area contributed by atoms with Gasteiger partial charge in [0.15, 0.2) is 5.65 Å². The van der Waals surface area contributed by atoms with Crippen molar-refractivity contribution in [1.29, 1.82) is 0 Å². The largest absolute Gasteiger partial charge is 0.372 e. The number of piperidine rings is 1. The molecule has 34 heavy (non-hydrogen) atoms. The second-order valence-corrected chi connectivity index (χ2v) is 9.95. The van der Waals surface area contributed by atoms with E-state index < -0.39 is 0 Å². The first kappa shape index (κ1) is 21.6. The summed E-state index contributed by atoms with van der Waals surface area (Å²) < 4.78 is 7.69. The molecule has 0 saturated carbocycles. The monoisotopic (exact) mass is 477 g/mol. The summed E-state index contributed by atoms with van der Waals surface area (Å²) in [6, 6.07) is 6.81. The molecule has 5 heterocycles. The van der Waals surface area contributed by atoms with Crippen LogP contribution < -0.4 is 0 Å². The Morgan fingerprint density at radius 2 is 2.03 bits per heavy atom. The van der Waals surface area contributed by atoms with Crippen molar-refractivity contribution in [3.8, 4) is 11.3 Å². The van der Waals surface area contributed by atoms with Crippen LogP contribution >= 0.6 is 11.6 Å². The van der Waals surface area contributed by atoms with E-state index in [4.69, 9.17) is 16.3 Å². The number of fused-ring (bicyclic) bond motifs is 4. The molecule has 1 amide bonds. The molecule has 0 atom stereocenters. The van der Waals surface area contributed by atoms with Crippen LogP contribution in [0.3, 0.4) is 0 Å². The molecule has 0 bridgehead atoms. The number of amides is 1. The molecule has 2 aliphatic heterocycles.